The fraction of sp³-hybridized carbons (Fsp3) is 0.565. The van der Waals surface area contributed by atoms with E-state index in [2.05, 4.69) is 31.2 Å². The number of ketones is 1. The highest BCUT2D eigenvalue weighted by atomic mass is 32.2. The summed E-state index contributed by atoms with van der Waals surface area (Å²) in [6.45, 7) is 2.06. The number of hydrogen-bond acceptors (Lipinski definition) is 4. The van der Waals surface area contributed by atoms with Crippen molar-refractivity contribution in [3.05, 3.63) is 42.0 Å². The van der Waals surface area contributed by atoms with Crippen LogP contribution in [0, 0.1) is 18.8 Å². The number of unbranched alkanes of at least 4 members (excludes halogenated alkanes) is 3. The Morgan fingerprint density at radius 3 is 2.54 bits per heavy atom. The molecule has 0 saturated carbocycles. The number of aryl methyl sites for hydroxylation is 1. The number of carbonyl (C=O) groups excluding carboxylic acids is 1. The van der Waals surface area contributed by atoms with Crippen molar-refractivity contribution < 1.29 is 19.8 Å². The van der Waals surface area contributed by atoms with Gasteiger partial charge < -0.3 is 10.2 Å². The number of carboxylic acids is 1. The highest BCUT2D eigenvalue weighted by molar-refractivity contribution is 7.99. The van der Waals surface area contributed by atoms with Gasteiger partial charge in [0.1, 0.15) is 0 Å². The molecule has 3 atom stereocenters. The lowest BCUT2D eigenvalue weighted by Crippen LogP contribution is -2.19. The van der Waals surface area contributed by atoms with Gasteiger partial charge >= 0.3 is 5.97 Å². The number of thioether (sulfide) groups is 1. The zero-order chi connectivity index (χ0) is 20.4. The fourth-order valence-corrected chi connectivity index (χ4v) is 4.51. The molecule has 1 aromatic carbocycles. The van der Waals surface area contributed by atoms with Crippen LogP contribution in [0.5, 0.6) is 0 Å². The van der Waals surface area contributed by atoms with Crippen LogP contribution >= 0.6 is 11.8 Å². The van der Waals surface area contributed by atoms with Gasteiger partial charge in [0.15, 0.2) is 5.78 Å². The average Bonchev–Trinajstić information content (AvgIpc) is 3.02. The minimum Gasteiger partial charge on any atom is -0.481 e. The SMILES string of the molecule is Cc1ccc(SCC(O)CC[C@H]2C=CC(=O)C2CCCCCCC(=O)O)cc1. The summed E-state index contributed by atoms with van der Waals surface area (Å²) < 4.78 is 0. The Morgan fingerprint density at radius 2 is 1.82 bits per heavy atom. The van der Waals surface area contributed by atoms with E-state index in [1.807, 2.05) is 6.08 Å². The van der Waals surface area contributed by atoms with Crippen LogP contribution in [0.15, 0.2) is 41.3 Å². The molecule has 154 valence electrons. The molecular weight excluding hydrogens is 372 g/mol. The monoisotopic (exact) mass is 404 g/mol. The first-order valence-electron chi connectivity index (χ1n) is 10.3. The van der Waals surface area contributed by atoms with Crippen molar-refractivity contribution in [1.29, 1.82) is 0 Å². The normalized spacial score (nSPS) is 19.9. The molecule has 2 rings (SSSR count). The number of carboxylic acid groups (broad SMARTS) is 1. The van der Waals surface area contributed by atoms with E-state index in [1.54, 1.807) is 17.8 Å². The summed E-state index contributed by atoms with van der Waals surface area (Å²) in [7, 11) is 0. The molecule has 0 aromatic heterocycles. The van der Waals surface area contributed by atoms with Gasteiger partial charge in [0.05, 0.1) is 6.10 Å². The molecule has 4 nitrogen and oxygen atoms in total. The Kier molecular flexibility index (Phi) is 9.79. The Balaban J connectivity index is 1.65. The highest BCUT2D eigenvalue weighted by Crippen LogP contribution is 2.32. The molecule has 0 bridgehead atoms. The summed E-state index contributed by atoms with van der Waals surface area (Å²) in [4.78, 5) is 23.8. The topological polar surface area (TPSA) is 74.6 Å². The van der Waals surface area contributed by atoms with E-state index < -0.39 is 5.97 Å². The summed E-state index contributed by atoms with van der Waals surface area (Å²) in [6, 6.07) is 8.32. The first kappa shape index (κ1) is 22.7. The molecule has 0 heterocycles. The van der Waals surface area contributed by atoms with Gasteiger partial charge in [0, 0.05) is 23.0 Å². The molecule has 0 fully saturated rings. The summed E-state index contributed by atoms with van der Waals surface area (Å²) in [5.74, 6) is 0.400. The average molecular weight is 405 g/mol. The molecule has 0 aliphatic heterocycles. The highest BCUT2D eigenvalue weighted by Gasteiger charge is 2.29. The fourth-order valence-electron chi connectivity index (χ4n) is 3.63. The maximum Gasteiger partial charge on any atom is 0.303 e. The number of aliphatic carboxylic acids is 1. The lowest BCUT2D eigenvalue weighted by atomic mass is 9.86. The smallest absolute Gasteiger partial charge is 0.303 e. The van der Waals surface area contributed by atoms with Gasteiger partial charge in [0.2, 0.25) is 0 Å². The van der Waals surface area contributed by atoms with Gasteiger partial charge in [-0.15, -0.1) is 11.8 Å². The van der Waals surface area contributed by atoms with Crippen molar-refractivity contribution >= 4 is 23.5 Å². The van der Waals surface area contributed by atoms with Crippen molar-refractivity contribution in [3.63, 3.8) is 0 Å². The third-order valence-corrected chi connectivity index (χ3v) is 6.50. The lowest BCUT2D eigenvalue weighted by Gasteiger charge is -2.19. The van der Waals surface area contributed by atoms with Gasteiger partial charge in [-0.1, -0.05) is 43.0 Å². The Bertz CT molecular complexity index is 653. The van der Waals surface area contributed by atoms with Crippen LogP contribution in [-0.4, -0.2) is 33.8 Å². The van der Waals surface area contributed by atoms with Crippen molar-refractivity contribution in [2.75, 3.05) is 5.75 Å². The largest absolute Gasteiger partial charge is 0.481 e. The van der Waals surface area contributed by atoms with E-state index in [0.29, 0.717) is 18.6 Å². The molecule has 2 N–H and O–H groups in total. The molecule has 2 unspecified atom stereocenters. The predicted molar refractivity (Wildman–Crippen MR) is 114 cm³/mol. The van der Waals surface area contributed by atoms with Crippen LogP contribution < -0.4 is 0 Å². The molecule has 0 amide bonds. The van der Waals surface area contributed by atoms with Crippen LogP contribution in [-0.2, 0) is 9.59 Å². The zero-order valence-electron chi connectivity index (χ0n) is 16.7. The van der Waals surface area contributed by atoms with Gasteiger partial charge in [0.25, 0.3) is 0 Å². The van der Waals surface area contributed by atoms with E-state index in [9.17, 15) is 14.7 Å². The van der Waals surface area contributed by atoms with Gasteiger partial charge in [-0.25, -0.2) is 0 Å². The molecular formula is C23H32O4S. The molecule has 0 radical (unpaired) electrons. The number of allylic oxidation sites excluding steroid dienone is 2. The van der Waals surface area contributed by atoms with Crippen LogP contribution in [0.2, 0.25) is 0 Å². The molecule has 0 saturated heterocycles. The van der Waals surface area contributed by atoms with E-state index >= 15 is 0 Å². The molecule has 1 aliphatic rings. The summed E-state index contributed by atoms with van der Waals surface area (Å²) in [5, 5.41) is 19.0. The van der Waals surface area contributed by atoms with Gasteiger partial charge in [-0.2, -0.15) is 0 Å². The van der Waals surface area contributed by atoms with Crippen LogP contribution in [0.4, 0.5) is 0 Å². The van der Waals surface area contributed by atoms with Crippen molar-refractivity contribution in [1.82, 2.24) is 0 Å². The third kappa shape index (κ3) is 8.19. The van der Waals surface area contributed by atoms with Crippen molar-refractivity contribution in [2.45, 2.75) is 69.3 Å². The number of carbonyl (C=O) groups is 2. The van der Waals surface area contributed by atoms with E-state index in [-0.39, 0.29) is 30.1 Å². The van der Waals surface area contributed by atoms with Crippen LogP contribution in [0.1, 0.15) is 56.9 Å². The molecule has 1 aromatic rings. The summed E-state index contributed by atoms with van der Waals surface area (Å²) in [6.07, 6.45) is 9.51. The first-order valence-corrected chi connectivity index (χ1v) is 11.3. The number of hydrogen-bond donors (Lipinski definition) is 2. The number of benzene rings is 1. The molecule has 5 heteroatoms. The quantitative estimate of drug-likeness (QED) is 0.356. The number of rotatable bonds is 13. The maximum atomic E-state index is 12.1. The van der Waals surface area contributed by atoms with Crippen molar-refractivity contribution in [2.24, 2.45) is 11.8 Å². The summed E-state index contributed by atoms with van der Waals surface area (Å²) >= 11 is 1.67. The molecule has 1 aliphatic carbocycles. The second kappa shape index (κ2) is 12.1. The standard InChI is InChI=1S/C23H32O4S/c1-17-8-13-20(14-9-17)28-16-19(24)12-10-18-11-15-22(25)21(18)6-4-2-3-5-7-23(26)27/h8-9,11,13-15,18-19,21,24H,2-7,10,12,16H2,1H3,(H,26,27)/t18-,19?,21?/m0/s1. The second-order valence-electron chi connectivity index (χ2n) is 7.73. The maximum absolute atomic E-state index is 12.1. The zero-order valence-corrected chi connectivity index (χ0v) is 17.5. The van der Waals surface area contributed by atoms with Crippen LogP contribution in [0.25, 0.3) is 0 Å². The van der Waals surface area contributed by atoms with Crippen molar-refractivity contribution in [3.8, 4) is 0 Å². The minimum atomic E-state index is -0.741. The summed E-state index contributed by atoms with van der Waals surface area (Å²) in [5.41, 5.74) is 1.23. The van der Waals surface area contributed by atoms with Gasteiger partial charge in [-0.3, -0.25) is 9.59 Å². The van der Waals surface area contributed by atoms with Gasteiger partial charge in [-0.05, 0) is 56.7 Å². The third-order valence-electron chi connectivity index (χ3n) is 5.34. The second-order valence-corrected chi connectivity index (χ2v) is 8.83. The predicted octanol–water partition coefficient (Wildman–Crippen LogP) is 5.02. The Hall–Kier alpha value is -1.59. The Morgan fingerprint density at radius 1 is 1.11 bits per heavy atom. The van der Waals surface area contributed by atoms with E-state index in [0.717, 1.165) is 32.1 Å². The van der Waals surface area contributed by atoms with Crippen LogP contribution in [0.3, 0.4) is 0 Å². The Labute approximate surface area is 172 Å². The van der Waals surface area contributed by atoms with E-state index in [4.69, 9.17) is 5.11 Å². The number of aliphatic hydroxyl groups is 1. The molecule has 0 spiro atoms. The minimum absolute atomic E-state index is 0.0384. The van der Waals surface area contributed by atoms with E-state index in [1.165, 1.54) is 10.5 Å². The first-order chi connectivity index (χ1) is 13.5. The molecule has 28 heavy (non-hydrogen) atoms. The lowest BCUT2D eigenvalue weighted by molar-refractivity contribution is -0.137. The number of aliphatic hydroxyl groups excluding tert-OH is 1.